The smallest absolute Gasteiger partial charge is 0.0104 e. The summed E-state index contributed by atoms with van der Waals surface area (Å²) in [6.07, 6.45) is 2.51. The van der Waals surface area contributed by atoms with E-state index in [4.69, 9.17) is 0 Å². The summed E-state index contributed by atoms with van der Waals surface area (Å²) in [5, 5.41) is 6.48. The Balaban J connectivity index is 1.83. The Morgan fingerprint density at radius 3 is 2.68 bits per heavy atom. The zero-order valence-electron chi connectivity index (χ0n) is 11.9. The zero-order valence-corrected chi connectivity index (χ0v) is 11.9. The summed E-state index contributed by atoms with van der Waals surface area (Å²) in [7, 11) is 0. The lowest BCUT2D eigenvalue weighted by atomic mass is 9.66. The van der Waals surface area contributed by atoms with E-state index in [1.807, 2.05) is 0 Å². The van der Waals surface area contributed by atoms with Gasteiger partial charge in [0.1, 0.15) is 0 Å². The summed E-state index contributed by atoms with van der Waals surface area (Å²) in [5.74, 6) is 1.47. The second-order valence-corrected chi connectivity index (χ2v) is 5.83. The Morgan fingerprint density at radius 2 is 1.89 bits per heavy atom. The lowest BCUT2D eigenvalue weighted by Crippen LogP contribution is -2.48. The maximum atomic E-state index is 3.67. The van der Waals surface area contributed by atoms with Crippen LogP contribution in [0.2, 0.25) is 0 Å². The van der Waals surface area contributed by atoms with Gasteiger partial charge in [-0.15, -0.1) is 0 Å². The van der Waals surface area contributed by atoms with E-state index in [1.165, 1.54) is 23.6 Å². The first-order valence-electron chi connectivity index (χ1n) is 7.52. The Kier molecular flexibility index (Phi) is 3.56. The molecular formula is C18H23N. The Hall–Kier alpha value is -1.34. The predicted molar refractivity (Wildman–Crippen MR) is 82.6 cm³/mol. The fourth-order valence-corrected chi connectivity index (χ4v) is 3.37. The number of benzene rings is 2. The van der Waals surface area contributed by atoms with Crippen LogP contribution in [-0.2, 0) is 0 Å². The van der Waals surface area contributed by atoms with Crippen LogP contribution in [0.15, 0.2) is 42.5 Å². The minimum absolute atomic E-state index is 0.712. The Bertz CT molecular complexity index is 555. The molecule has 1 nitrogen and oxygen atoms in total. The lowest BCUT2D eigenvalue weighted by Gasteiger charge is -2.44. The summed E-state index contributed by atoms with van der Waals surface area (Å²) < 4.78 is 0. The minimum atomic E-state index is 0.712. The van der Waals surface area contributed by atoms with Crippen molar-refractivity contribution in [2.24, 2.45) is 5.92 Å². The third-order valence-electron chi connectivity index (χ3n) is 4.66. The Labute approximate surface area is 116 Å². The SMILES string of the molecule is CCCNC1CC(c2cccc3ccccc23)C1C. The van der Waals surface area contributed by atoms with Gasteiger partial charge in [-0.2, -0.15) is 0 Å². The molecule has 1 aliphatic rings. The molecule has 0 saturated heterocycles. The molecule has 0 aromatic heterocycles. The van der Waals surface area contributed by atoms with Crippen LogP contribution in [0.4, 0.5) is 0 Å². The lowest BCUT2D eigenvalue weighted by molar-refractivity contribution is 0.186. The Morgan fingerprint density at radius 1 is 1.11 bits per heavy atom. The fraction of sp³-hybridized carbons (Fsp3) is 0.444. The minimum Gasteiger partial charge on any atom is -0.314 e. The van der Waals surface area contributed by atoms with Gasteiger partial charge >= 0.3 is 0 Å². The van der Waals surface area contributed by atoms with Crippen molar-refractivity contribution in [2.75, 3.05) is 6.54 Å². The van der Waals surface area contributed by atoms with Crippen LogP contribution in [0.1, 0.15) is 38.2 Å². The van der Waals surface area contributed by atoms with Crippen LogP contribution in [0.3, 0.4) is 0 Å². The van der Waals surface area contributed by atoms with E-state index in [2.05, 4.69) is 61.6 Å². The van der Waals surface area contributed by atoms with Gasteiger partial charge in [0.25, 0.3) is 0 Å². The van der Waals surface area contributed by atoms with Crippen molar-refractivity contribution in [2.45, 2.75) is 38.6 Å². The average molecular weight is 253 g/mol. The third kappa shape index (κ3) is 2.28. The molecule has 1 aliphatic carbocycles. The van der Waals surface area contributed by atoms with Crippen molar-refractivity contribution in [1.29, 1.82) is 0 Å². The molecular weight excluding hydrogens is 230 g/mol. The number of rotatable bonds is 4. The molecule has 2 aromatic rings. The predicted octanol–water partition coefficient (Wildman–Crippen LogP) is 4.33. The van der Waals surface area contributed by atoms with Gasteiger partial charge in [0.2, 0.25) is 0 Å². The molecule has 0 radical (unpaired) electrons. The van der Waals surface area contributed by atoms with Crippen LogP contribution in [0.25, 0.3) is 10.8 Å². The summed E-state index contributed by atoms with van der Waals surface area (Å²) in [5.41, 5.74) is 1.54. The van der Waals surface area contributed by atoms with Crippen molar-refractivity contribution >= 4 is 10.8 Å². The standard InChI is InChI=1S/C18H23N/c1-3-11-19-18-12-17(13(18)2)16-10-6-8-14-7-4-5-9-15(14)16/h4-10,13,17-19H,3,11-12H2,1-2H3. The van der Waals surface area contributed by atoms with Crippen LogP contribution in [0, 0.1) is 5.92 Å². The molecule has 3 rings (SSSR count). The van der Waals surface area contributed by atoms with E-state index in [-0.39, 0.29) is 0 Å². The highest BCUT2D eigenvalue weighted by Gasteiger charge is 2.38. The van der Waals surface area contributed by atoms with E-state index in [1.54, 1.807) is 5.56 Å². The van der Waals surface area contributed by atoms with Crippen LogP contribution >= 0.6 is 0 Å². The molecule has 1 saturated carbocycles. The maximum absolute atomic E-state index is 3.67. The monoisotopic (exact) mass is 253 g/mol. The second kappa shape index (κ2) is 5.34. The topological polar surface area (TPSA) is 12.0 Å². The molecule has 1 fully saturated rings. The quantitative estimate of drug-likeness (QED) is 0.855. The first-order chi connectivity index (χ1) is 9.31. The molecule has 100 valence electrons. The first kappa shape index (κ1) is 12.7. The molecule has 3 atom stereocenters. The van der Waals surface area contributed by atoms with Gasteiger partial charge in [0.05, 0.1) is 0 Å². The highest BCUT2D eigenvalue weighted by atomic mass is 14.9. The maximum Gasteiger partial charge on any atom is 0.0104 e. The second-order valence-electron chi connectivity index (χ2n) is 5.83. The highest BCUT2D eigenvalue weighted by molar-refractivity contribution is 5.86. The van der Waals surface area contributed by atoms with Gasteiger partial charge in [-0.05, 0) is 47.6 Å². The molecule has 1 heteroatoms. The fourth-order valence-electron chi connectivity index (χ4n) is 3.37. The third-order valence-corrected chi connectivity index (χ3v) is 4.66. The molecule has 2 aromatic carbocycles. The van der Waals surface area contributed by atoms with Gasteiger partial charge in [-0.25, -0.2) is 0 Å². The first-order valence-corrected chi connectivity index (χ1v) is 7.52. The summed E-state index contributed by atoms with van der Waals surface area (Å²) >= 11 is 0. The molecule has 19 heavy (non-hydrogen) atoms. The van der Waals surface area contributed by atoms with E-state index >= 15 is 0 Å². The number of hydrogen-bond donors (Lipinski definition) is 1. The van der Waals surface area contributed by atoms with Crippen molar-refractivity contribution in [3.05, 3.63) is 48.0 Å². The molecule has 1 N–H and O–H groups in total. The van der Waals surface area contributed by atoms with E-state index in [0.717, 1.165) is 18.4 Å². The molecule has 0 bridgehead atoms. The highest BCUT2D eigenvalue weighted by Crippen LogP contribution is 2.44. The van der Waals surface area contributed by atoms with Crippen LogP contribution in [-0.4, -0.2) is 12.6 Å². The van der Waals surface area contributed by atoms with Crippen LogP contribution < -0.4 is 5.32 Å². The van der Waals surface area contributed by atoms with E-state index in [9.17, 15) is 0 Å². The van der Waals surface area contributed by atoms with Gasteiger partial charge in [-0.3, -0.25) is 0 Å². The average Bonchev–Trinajstić information content (AvgIpc) is 2.46. The molecule has 0 amide bonds. The molecule has 0 spiro atoms. The van der Waals surface area contributed by atoms with E-state index in [0.29, 0.717) is 6.04 Å². The van der Waals surface area contributed by atoms with Crippen molar-refractivity contribution in [1.82, 2.24) is 5.32 Å². The largest absolute Gasteiger partial charge is 0.314 e. The van der Waals surface area contributed by atoms with Crippen molar-refractivity contribution in [3.63, 3.8) is 0 Å². The zero-order chi connectivity index (χ0) is 13.2. The van der Waals surface area contributed by atoms with Crippen molar-refractivity contribution in [3.8, 4) is 0 Å². The van der Waals surface area contributed by atoms with E-state index < -0.39 is 0 Å². The number of nitrogens with one attached hydrogen (secondary N) is 1. The summed E-state index contributed by atoms with van der Waals surface area (Å²) in [4.78, 5) is 0. The van der Waals surface area contributed by atoms with Gasteiger partial charge in [0.15, 0.2) is 0 Å². The number of hydrogen-bond acceptors (Lipinski definition) is 1. The van der Waals surface area contributed by atoms with Crippen LogP contribution in [0.5, 0.6) is 0 Å². The molecule has 0 heterocycles. The van der Waals surface area contributed by atoms with Gasteiger partial charge < -0.3 is 5.32 Å². The van der Waals surface area contributed by atoms with Crippen molar-refractivity contribution < 1.29 is 0 Å². The summed E-state index contributed by atoms with van der Waals surface area (Å²) in [6, 6.07) is 16.2. The number of fused-ring (bicyclic) bond motifs is 1. The molecule has 0 aliphatic heterocycles. The summed E-state index contributed by atoms with van der Waals surface area (Å²) in [6.45, 7) is 5.78. The van der Waals surface area contributed by atoms with Gasteiger partial charge in [0, 0.05) is 6.04 Å². The normalized spacial score (nSPS) is 26.3. The van der Waals surface area contributed by atoms with Gasteiger partial charge in [-0.1, -0.05) is 56.3 Å². The molecule has 3 unspecified atom stereocenters.